The van der Waals surface area contributed by atoms with Gasteiger partial charge in [0.1, 0.15) is 16.4 Å². The van der Waals surface area contributed by atoms with E-state index in [0.29, 0.717) is 10.7 Å². The molecule has 4 heteroatoms. The minimum Gasteiger partial charge on any atom is -0.508 e. The van der Waals surface area contributed by atoms with E-state index >= 15 is 0 Å². The van der Waals surface area contributed by atoms with Crippen LogP contribution in [0.5, 0.6) is 5.75 Å². The molecule has 0 saturated carbocycles. The van der Waals surface area contributed by atoms with E-state index in [1.807, 2.05) is 49.4 Å². The van der Waals surface area contributed by atoms with Crippen molar-refractivity contribution in [2.24, 2.45) is 0 Å². The van der Waals surface area contributed by atoms with Crippen molar-refractivity contribution in [1.29, 1.82) is 0 Å². The van der Waals surface area contributed by atoms with Gasteiger partial charge in [0.05, 0.1) is 0 Å². The standard InChI is InChI=1S/C22H22O3S/c1-14-12-18(15-8-6-5-7-9-15)25-21(24)20(14)26-19-11-10-16(23)13-17(19)22(2,3)4/h5-13,23H,1-4H3. The highest BCUT2D eigenvalue weighted by Crippen LogP contribution is 2.38. The molecule has 0 saturated heterocycles. The van der Waals surface area contributed by atoms with Gasteiger partial charge in [-0.2, -0.15) is 0 Å². The van der Waals surface area contributed by atoms with Gasteiger partial charge in [-0.25, -0.2) is 4.79 Å². The Morgan fingerprint density at radius 3 is 2.31 bits per heavy atom. The fourth-order valence-electron chi connectivity index (χ4n) is 2.77. The van der Waals surface area contributed by atoms with Crippen molar-refractivity contribution in [2.45, 2.75) is 42.9 Å². The predicted molar refractivity (Wildman–Crippen MR) is 106 cm³/mol. The Morgan fingerprint density at radius 1 is 1.00 bits per heavy atom. The largest absolute Gasteiger partial charge is 0.508 e. The van der Waals surface area contributed by atoms with Crippen molar-refractivity contribution in [3.05, 3.63) is 76.1 Å². The Balaban J connectivity index is 2.04. The maximum absolute atomic E-state index is 12.6. The molecule has 134 valence electrons. The lowest BCUT2D eigenvalue weighted by molar-refractivity contribution is 0.469. The van der Waals surface area contributed by atoms with Crippen molar-refractivity contribution < 1.29 is 9.52 Å². The molecule has 3 nitrogen and oxygen atoms in total. The second kappa shape index (κ2) is 7.04. The van der Waals surface area contributed by atoms with Crippen molar-refractivity contribution in [1.82, 2.24) is 0 Å². The number of aromatic hydroxyl groups is 1. The lowest BCUT2D eigenvalue weighted by atomic mass is 9.87. The van der Waals surface area contributed by atoms with Crippen LogP contribution in [0.15, 0.2) is 73.6 Å². The summed E-state index contributed by atoms with van der Waals surface area (Å²) in [5, 5.41) is 9.85. The van der Waals surface area contributed by atoms with Crippen LogP contribution < -0.4 is 5.63 Å². The molecule has 0 atom stereocenters. The lowest BCUT2D eigenvalue weighted by Crippen LogP contribution is -2.13. The van der Waals surface area contributed by atoms with Crippen LogP contribution in [-0.4, -0.2) is 5.11 Å². The van der Waals surface area contributed by atoms with Crippen LogP contribution in [0.25, 0.3) is 11.3 Å². The lowest BCUT2D eigenvalue weighted by Gasteiger charge is -2.23. The van der Waals surface area contributed by atoms with Crippen molar-refractivity contribution in [3.8, 4) is 17.1 Å². The molecule has 26 heavy (non-hydrogen) atoms. The molecule has 0 amide bonds. The van der Waals surface area contributed by atoms with Crippen LogP contribution in [0.4, 0.5) is 0 Å². The zero-order chi connectivity index (χ0) is 18.9. The third-order valence-corrected chi connectivity index (χ3v) is 5.40. The summed E-state index contributed by atoms with van der Waals surface area (Å²) in [6.45, 7) is 8.17. The first kappa shape index (κ1) is 18.3. The Bertz CT molecular complexity index is 983. The SMILES string of the molecule is Cc1cc(-c2ccccc2)oc(=O)c1Sc1ccc(O)cc1C(C)(C)C. The first-order valence-corrected chi connectivity index (χ1v) is 9.29. The highest BCUT2D eigenvalue weighted by molar-refractivity contribution is 7.99. The van der Waals surface area contributed by atoms with Gasteiger partial charge in [0, 0.05) is 10.5 Å². The monoisotopic (exact) mass is 366 g/mol. The number of rotatable bonds is 3. The fourth-order valence-corrected chi connectivity index (χ4v) is 3.94. The minimum atomic E-state index is -0.346. The topological polar surface area (TPSA) is 50.4 Å². The molecule has 0 radical (unpaired) electrons. The van der Waals surface area contributed by atoms with Gasteiger partial charge in [0.2, 0.25) is 0 Å². The van der Waals surface area contributed by atoms with E-state index in [1.165, 1.54) is 11.8 Å². The molecule has 3 rings (SSSR count). The number of phenolic OH excluding ortho intramolecular Hbond substituents is 1. The predicted octanol–water partition coefficient (Wildman–Crippen LogP) is 5.77. The van der Waals surface area contributed by atoms with Gasteiger partial charge in [-0.05, 0) is 47.7 Å². The first-order valence-electron chi connectivity index (χ1n) is 8.47. The molecule has 0 aliphatic heterocycles. The molecular formula is C22H22O3S. The van der Waals surface area contributed by atoms with Gasteiger partial charge in [-0.3, -0.25) is 0 Å². The molecule has 0 bridgehead atoms. The van der Waals surface area contributed by atoms with Gasteiger partial charge in [0.15, 0.2) is 0 Å². The molecule has 0 fully saturated rings. The third-order valence-electron chi connectivity index (χ3n) is 4.14. The highest BCUT2D eigenvalue weighted by Gasteiger charge is 2.21. The molecule has 3 aromatic rings. The minimum absolute atomic E-state index is 0.154. The summed E-state index contributed by atoms with van der Waals surface area (Å²) in [5.41, 5.74) is 2.25. The molecule has 0 aliphatic rings. The number of hydrogen-bond acceptors (Lipinski definition) is 4. The Kier molecular flexibility index (Phi) is 4.97. The molecule has 0 unspecified atom stereocenters. The highest BCUT2D eigenvalue weighted by atomic mass is 32.2. The van der Waals surface area contributed by atoms with Crippen LogP contribution in [-0.2, 0) is 5.41 Å². The third kappa shape index (κ3) is 3.86. The smallest absolute Gasteiger partial charge is 0.350 e. The zero-order valence-corrected chi connectivity index (χ0v) is 16.2. The van der Waals surface area contributed by atoms with E-state index in [-0.39, 0.29) is 16.8 Å². The molecular weight excluding hydrogens is 344 g/mol. The molecule has 1 N–H and O–H groups in total. The maximum Gasteiger partial charge on any atom is 0.350 e. The van der Waals surface area contributed by atoms with Crippen LogP contribution in [0.2, 0.25) is 0 Å². The number of hydrogen-bond donors (Lipinski definition) is 1. The normalized spacial score (nSPS) is 11.5. The van der Waals surface area contributed by atoms with Gasteiger partial charge >= 0.3 is 5.63 Å². The van der Waals surface area contributed by atoms with Crippen LogP contribution in [0.3, 0.4) is 0 Å². The molecule has 0 spiro atoms. The van der Waals surface area contributed by atoms with Crippen LogP contribution in [0, 0.1) is 6.92 Å². The summed E-state index contributed by atoms with van der Waals surface area (Å²) >= 11 is 1.39. The summed E-state index contributed by atoms with van der Waals surface area (Å²) in [4.78, 5) is 14.1. The summed E-state index contributed by atoms with van der Waals surface area (Å²) in [6, 6.07) is 16.8. The second-order valence-electron chi connectivity index (χ2n) is 7.31. The van der Waals surface area contributed by atoms with Crippen LogP contribution in [0.1, 0.15) is 31.9 Å². The van der Waals surface area contributed by atoms with Gasteiger partial charge in [-0.15, -0.1) is 0 Å². The van der Waals surface area contributed by atoms with E-state index in [4.69, 9.17) is 4.42 Å². The van der Waals surface area contributed by atoms with Crippen LogP contribution >= 0.6 is 11.8 Å². The Morgan fingerprint density at radius 2 is 1.69 bits per heavy atom. The number of benzene rings is 2. The Hall–Kier alpha value is -2.46. The quantitative estimate of drug-likeness (QED) is 0.639. The fraction of sp³-hybridized carbons (Fsp3) is 0.227. The van der Waals surface area contributed by atoms with E-state index in [9.17, 15) is 9.90 Å². The maximum atomic E-state index is 12.6. The van der Waals surface area contributed by atoms with E-state index < -0.39 is 0 Å². The van der Waals surface area contributed by atoms with E-state index in [2.05, 4.69) is 20.8 Å². The van der Waals surface area contributed by atoms with Gasteiger partial charge in [0.25, 0.3) is 0 Å². The average Bonchev–Trinajstić information content (AvgIpc) is 2.59. The molecule has 2 aromatic carbocycles. The molecule has 1 aromatic heterocycles. The zero-order valence-electron chi connectivity index (χ0n) is 15.4. The number of aryl methyl sites for hydroxylation is 1. The first-order chi connectivity index (χ1) is 12.3. The van der Waals surface area contributed by atoms with E-state index in [1.54, 1.807) is 12.1 Å². The summed E-state index contributed by atoms with van der Waals surface area (Å²) < 4.78 is 5.57. The number of phenols is 1. The second-order valence-corrected chi connectivity index (χ2v) is 8.36. The van der Waals surface area contributed by atoms with Crippen molar-refractivity contribution in [2.75, 3.05) is 0 Å². The Labute approximate surface area is 157 Å². The van der Waals surface area contributed by atoms with Gasteiger partial charge < -0.3 is 9.52 Å². The summed E-state index contributed by atoms with van der Waals surface area (Å²) in [6.07, 6.45) is 0. The van der Waals surface area contributed by atoms with Crippen molar-refractivity contribution in [3.63, 3.8) is 0 Å². The summed E-state index contributed by atoms with van der Waals surface area (Å²) in [7, 11) is 0. The molecule has 0 aliphatic carbocycles. The van der Waals surface area contributed by atoms with Gasteiger partial charge in [-0.1, -0.05) is 62.9 Å². The average molecular weight is 366 g/mol. The summed E-state index contributed by atoms with van der Waals surface area (Å²) in [5.74, 6) is 0.793. The van der Waals surface area contributed by atoms with E-state index in [0.717, 1.165) is 21.6 Å². The molecule has 1 heterocycles. The van der Waals surface area contributed by atoms with Crippen molar-refractivity contribution >= 4 is 11.8 Å².